The van der Waals surface area contributed by atoms with Crippen LogP contribution in [0.15, 0.2) is 29.0 Å². The van der Waals surface area contributed by atoms with Crippen LogP contribution in [0.25, 0.3) is 0 Å². The molecule has 0 aliphatic carbocycles. The third-order valence-electron chi connectivity index (χ3n) is 2.39. The Morgan fingerprint density at radius 3 is 2.89 bits per heavy atom. The Morgan fingerprint density at radius 2 is 2.22 bits per heavy atom. The summed E-state index contributed by atoms with van der Waals surface area (Å²) in [5.74, 6) is 0.296. The molecule has 0 spiro atoms. The molecule has 0 radical (unpaired) electrons. The molecule has 0 fully saturated rings. The Kier molecular flexibility index (Phi) is 3.89. The van der Waals surface area contributed by atoms with Crippen molar-refractivity contribution in [3.8, 4) is 0 Å². The van der Waals surface area contributed by atoms with Crippen molar-refractivity contribution in [3.63, 3.8) is 0 Å². The van der Waals surface area contributed by atoms with Crippen molar-refractivity contribution in [3.05, 3.63) is 46.1 Å². The van der Waals surface area contributed by atoms with Crippen LogP contribution in [0.3, 0.4) is 0 Å². The van der Waals surface area contributed by atoms with Gasteiger partial charge in [0.05, 0.1) is 27.8 Å². The lowest BCUT2D eigenvalue weighted by atomic mass is 10.2. The summed E-state index contributed by atoms with van der Waals surface area (Å²) < 4.78 is 5.10. The fourth-order valence-corrected chi connectivity index (χ4v) is 1.78. The zero-order valence-corrected chi connectivity index (χ0v) is 11.0. The SMILES string of the molecule is Cc1ncoc1CC(=O)Nc1cccc(Cl)c1Cl. The second kappa shape index (κ2) is 5.42. The lowest BCUT2D eigenvalue weighted by molar-refractivity contribution is -0.115. The molecule has 2 rings (SSSR count). The summed E-state index contributed by atoms with van der Waals surface area (Å²) in [4.78, 5) is 15.7. The molecule has 6 heteroatoms. The maximum atomic E-state index is 11.8. The summed E-state index contributed by atoms with van der Waals surface area (Å²) in [6, 6.07) is 5.04. The van der Waals surface area contributed by atoms with Gasteiger partial charge < -0.3 is 9.73 Å². The molecule has 0 aliphatic heterocycles. The molecule has 0 saturated heterocycles. The molecule has 1 N–H and O–H groups in total. The quantitative estimate of drug-likeness (QED) is 0.939. The van der Waals surface area contributed by atoms with Crippen LogP contribution < -0.4 is 5.32 Å². The van der Waals surface area contributed by atoms with Crippen LogP contribution in [0.5, 0.6) is 0 Å². The van der Waals surface area contributed by atoms with Crippen molar-refractivity contribution < 1.29 is 9.21 Å². The van der Waals surface area contributed by atoms with Crippen molar-refractivity contribution in [2.75, 3.05) is 5.32 Å². The number of anilines is 1. The molecule has 1 amide bonds. The number of aryl methyl sites for hydroxylation is 1. The van der Waals surface area contributed by atoms with Crippen LogP contribution in [-0.2, 0) is 11.2 Å². The van der Waals surface area contributed by atoms with Crippen LogP contribution in [0.2, 0.25) is 10.0 Å². The minimum atomic E-state index is -0.237. The Balaban J connectivity index is 2.08. The first-order valence-corrected chi connectivity index (χ1v) is 5.96. The molecule has 0 bridgehead atoms. The highest BCUT2D eigenvalue weighted by Gasteiger charge is 2.12. The summed E-state index contributed by atoms with van der Waals surface area (Å²) in [6.45, 7) is 1.78. The first-order chi connectivity index (χ1) is 8.58. The van der Waals surface area contributed by atoms with Gasteiger partial charge in [-0.05, 0) is 19.1 Å². The average molecular weight is 285 g/mol. The topological polar surface area (TPSA) is 55.1 Å². The van der Waals surface area contributed by atoms with Crippen molar-refractivity contribution in [1.82, 2.24) is 4.98 Å². The average Bonchev–Trinajstić information content (AvgIpc) is 2.71. The van der Waals surface area contributed by atoms with Gasteiger partial charge in [0.2, 0.25) is 5.91 Å². The minimum Gasteiger partial charge on any atom is -0.448 e. The van der Waals surface area contributed by atoms with E-state index in [0.29, 0.717) is 27.2 Å². The van der Waals surface area contributed by atoms with E-state index in [9.17, 15) is 4.79 Å². The summed E-state index contributed by atoms with van der Waals surface area (Å²) >= 11 is 11.8. The predicted molar refractivity (Wildman–Crippen MR) is 70.0 cm³/mol. The highest BCUT2D eigenvalue weighted by molar-refractivity contribution is 6.43. The molecule has 4 nitrogen and oxygen atoms in total. The number of halogens is 2. The Bertz CT molecular complexity index is 581. The number of carbonyl (C=O) groups excluding carboxylic acids is 1. The van der Waals surface area contributed by atoms with Gasteiger partial charge in [0.15, 0.2) is 6.39 Å². The van der Waals surface area contributed by atoms with E-state index in [4.69, 9.17) is 27.6 Å². The number of rotatable bonds is 3. The highest BCUT2D eigenvalue weighted by atomic mass is 35.5. The molecule has 0 aliphatic rings. The number of hydrogen-bond donors (Lipinski definition) is 1. The summed E-state index contributed by atoms with van der Waals surface area (Å²) in [7, 11) is 0. The van der Waals surface area contributed by atoms with Crippen LogP contribution in [0, 0.1) is 6.92 Å². The van der Waals surface area contributed by atoms with Crippen LogP contribution in [0.1, 0.15) is 11.5 Å². The number of nitrogens with zero attached hydrogens (tertiary/aromatic N) is 1. The first kappa shape index (κ1) is 12.9. The van der Waals surface area contributed by atoms with Gasteiger partial charge in [0.25, 0.3) is 0 Å². The molecule has 0 unspecified atom stereocenters. The van der Waals surface area contributed by atoms with E-state index in [0.717, 1.165) is 0 Å². The van der Waals surface area contributed by atoms with Crippen LogP contribution in [-0.4, -0.2) is 10.9 Å². The summed E-state index contributed by atoms with van der Waals surface area (Å²) in [5.41, 5.74) is 1.17. The zero-order chi connectivity index (χ0) is 13.1. The maximum Gasteiger partial charge on any atom is 0.232 e. The van der Waals surface area contributed by atoms with Gasteiger partial charge in [-0.25, -0.2) is 4.98 Å². The molecule has 1 aromatic carbocycles. The van der Waals surface area contributed by atoms with Gasteiger partial charge in [-0.2, -0.15) is 0 Å². The lowest BCUT2D eigenvalue weighted by Crippen LogP contribution is -2.14. The van der Waals surface area contributed by atoms with E-state index in [1.54, 1.807) is 25.1 Å². The first-order valence-electron chi connectivity index (χ1n) is 5.20. The summed E-state index contributed by atoms with van der Waals surface area (Å²) in [6.07, 6.45) is 1.42. The number of nitrogens with one attached hydrogen (secondary N) is 1. The molecule has 1 aromatic heterocycles. The van der Waals surface area contributed by atoms with Crippen molar-refractivity contribution in [2.24, 2.45) is 0 Å². The van der Waals surface area contributed by atoms with E-state index in [1.807, 2.05) is 0 Å². The molecule has 18 heavy (non-hydrogen) atoms. The number of aromatic nitrogens is 1. The van der Waals surface area contributed by atoms with E-state index >= 15 is 0 Å². The molecule has 1 heterocycles. The van der Waals surface area contributed by atoms with Gasteiger partial charge >= 0.3 is 0 Å². The normalized spacial score (nSPS) is 10.4. The highest BCUT2D eigenvalue weighted by Crippen LogP contribution is 2.29. The predicted octanol–water partition coefficient (Wildman–Crippen LogP) is 3.47. The van der Waals surface area contributed by atoms with E-state index in [-0.39, 0.29) is 12.3 Å². The number of benzene rings is 1. The fourth-order valence-electron chi connectivity index (χ4n) is 1.44. The maximum absolute atomic E-state index is 11.8. The van der Waals surface area contributed by atoms with E-state index in [2.05, 4.69) is 10.3 Å². The van der Waals surface area contributed by atoms with Gasteiger partial charge in [-0.3, -0.25) is 4.79 Å². The van der Waals surface area contributed by atoms with Gasteiger partial charge in [-0.15, -0.1) is 0 Å². The second-order valence-electron chi connectivity index (χ2n) is 3.69. The molecule has 94 valence electrons. The number of hydrogen-bond acceptors (Lipinski definition) is 3. The van der Waals surface area contributed by atoms with Gasteiger partial charge in [0, 0.05) is 0 Å². The van der Waals surface area contributed by atoms with Crippen molar-refractivity contribution in [2.45, 2.75) is 13.3 Å². The van der Waals surface area contributed by atoms with Gasteiger partial charge in [-0.1, -0.05) is 29.3 Å². The summed E-state index contributed by atoms with van der Waals surface area (Å²) in [5, 5.41) is 3.39. The lowest BCUT2D eigenvalue weighted by Gasteiger charge is -2.07. The molecule has 0 atom stereocenters. The third kappa shape index (κ3) is 2.83. The zero-order valence-electron chi connectivity index (χ0n) is 9.54. The largest absolute Gasteiger partial charge is 0.448 e. The molecule has 2 aromatic rings. The third-order valence-corrected chi connectivity index (χ3v) is 3.21. The Morgan fingerprint density at radius 1 is 1.44 bits per heavy atom. The molecular formula is C12H10Cl2N2O2. The standard InChI is InChI=1S/C12H10Cl2N2O2/c1-7-10(18-6-15-7)5-11(17)16-9-4-2-3-8(13)12(9)14/h2-4,6H,5H2,1H3,(H,16,17). The van der Waals surface area contributed by atoms with Crippen molar-refractivity contribution >= 4 is 34.8 Å². The monoisotopic (exact) mass is 284 g/mol. The second-order valence-corrected chi connectivity index (χ2v) is 4.47. The Labute approximate surface area is 114 Å². The number of oxazole rings is 1. The van der Waals surface area contributed by atoms with Crippen LogP contribution in [0.4, 0.5) is 5.69 Å². The molecular weight excluding hydrogens is 275 g/mol. The van der Waals surface area contributed by atoms with E-state index in [1.165, 1.54) is 6.39 Å². The minimum absolute atomic E-state index is 0.106. The fraction of sp³-hybridized carbons (Fsp3) is 0.167. The van der Waals surface area contributed by atoms with E-state index < -0.39 is 0 Å². The van der Waals surface area contributed by atoms with Gasteiger partial charge in [0.1, 0.15) is 5.76 Å². The Hall–Kier alpha value is -1.52. The van der Waals surface area contributed by atoms with Crippen molar-refractivity contribution in [1.29, 1.82) is 0 Å². The smallest absolute Gasteiger partial charge is 0.232 e. The number of carbonyl (C=O) groups is 1. The molecule has 0 saturated carbocycles. The van der Waals surface area contributed by atoms with Crippen LogP contribution >= 0.6 is 23.2 Å². The number of amides is 1.